The fraction of sp³-hybridized carbons (Fsp3) is 0.611. The monoisotopic (exact) mass is 366 g/mol. The number of carbonyl (C=O) groups is 1. The van der Waals surface area contributed by atoms with Crippen molar-refractivity contribution in [2.24, 2.45) is 11.7 Å². The number of likely N-dealkylation sites (tertiary alicyclic amines) is 1. The Hall–Kier alpha value is -1.66. The summed E-state index contributed by atoms with van der Waals surface area (Å²) in [5, 5.41) is 4.72. The van der Waals surface area contributed by atoms with E-state index >= 15 is 0 Å². The molecule has 1 fully saturated rings. The molecule has 7 heteroatoms. The minimum atomic E-state index is 0. The Morgan fingerprint density at radius 3 is 2.84 bits per heavy atom. The van der Waals surface area contributed by atoms with Crippen LogP contribution in [0.5, 0.6) is 0 Å². The number of fused-ring (bicyclic) bond motifs is 1. The van der Waals surface area contributed by atoms with Gasteiger partial charge in [0.05, 0.1) is 16.6 Å². The summed E-state index contributed by atoms with van der Waals surface area (Å²) < 4.78 is 5.33. The van der Waals surface area contributed by atoms with E-state index in [9.17, 15) is 4.79 Å². The molecule has 2 aromatic rings. The second-order valence-electron chi connectivity index (χ2n) is 7.22. The molecular weight excluding hydrogens is 340 g/mol. The van der Waals surface area contributed by atoms with E-state index in [1.165, 1.54) is 0 Å². The first-order valence-corrected chi connectivity index (χ1v) is 8.70. The van der Waals surface area contributed by atoms with Crippen LogP contribution in [0.2, 0.25) is 0 Å². The van der Waals surface area contributed by atoms with Gasteiger partial charge in [-0.3, -0.25) is 4.79 Å². The van der Waals surface area contributed by atoms with Gasteiger partial charge >= 0.3 is 0 Å². The Morgan fingerprint density at radius 1 is 1.48 bits per heavy atom. The van der Waals surface area contributed by atoms with Gasteiger partial charge in [-0.25, -0.2) is 4.98 Å². The predicted octanol–water partition coefficient (Wildman–Crippen LogP) is 3.28. The van der Waals surface area contributed by atoms with E-state index in [0.29, 0.717) is 29.4 Å². The van der Waals surface area contributed by atoms with E-state index in [-0.39, 0.29) is 30.3 Å². The summed E-state index contributed by atoms with van der Waals surface area (Å²) in [5.41, 5.74) is 8.56. The lowest BCUT2D eigenvalue weighted by atomic mass is 9.91. The Bertz CT molecular complexity index is 759. The van der Waals surface area contributed by atoms with Gasteiger partial charge in [-0.15, -0.1) is 12.4 Å². The molecule has 0 radical (unpaired) electrons. The van der Waals surface area contributed by atoms with Crippen molar-refractivity contribution in [3.63, 3.8) is 0 Å². The maximum absolute atomic E-state index is 13.3. The highest BCUT2D eigenvalue weighted by molar-refractivity contribution is 6.06. The number of hydrogen-bond acceptors (Lipinski definition) is 5. The second-order valence-corrected chi connectivity index (χ2v) is 7.22. The van der Waals surface area contributed by atoms with Crippen molar-refractivity contribution >= 4 is 29.4 Å². The quantitative estimate of drug-likeness (QED) is 0.900. The van der Waals surface area contributed by atoms with E-state index in [1.807, 2.05) is 17.9 Å². The smallest absolute Gasteiger partial charge is 0.259 e. The van der Waals surface area contributed by atoms with Crippen LogP contribution in [-0.2, 0) is 0 Å². The SMILES string of the molecule is Cc1noc2nc(C(C)C)cc(C(=O)N3CCC(C)CC3CN)c12.Cl. The maximum atomic E-state index is 13.3. The van der Waals surface area contributed by atoms with Crippen molar-refractivity contribution in [2.45, 2.75) is 52.5 Å². The molecule has 1 amide bonds. The van der Waals surface area contributed by atoms with Crippen LogP contribution in [0.25, 0.3) is 11.1 Å². The Balaban J connectivity index is 0.00000225. The Kier molecular flexibility index (Phi) is 6.06. The number of rotatable bonds is 3. The zero-order valence-corrected chi connectivity index (χ0v) is 16.1. The lowest BCUT2D eigenvalue weighted by molar-refractivity contribution is 0.0575. The molecule has 0 spiro atoms. The first kappa shape index (κ1) is 19.7. The van der Waals surface area contributed by atoms with Crippen molar-refractivity contribution in [3.05, 3.63) is 23.0 Å². The van der Waals surface area contributed by atoms with E-state index < -0.39 is 0 Å². The predicted molar refractivity (Wildman–Crippen MR) is 100 cm³/mol. The second kappa shape index (κ2) is 7.70. The first-order valence-electron chi connectivity index (χ1n) is 8.70. The average Bonchev–Trinajstić information content (AvgIpc) is 2.94. The molecule has 138 valence electrons. The molecule has 1 aliphatic rings. The maximum Gasteiger partial charge on any atom is 0.259 e. The molecule has 25 heavy (non-hydrogen) atoms. The van der Waals surface area contributed by atoms with Crippen LogP contribution in [0, 0.1) is 12.8 Å². The molecule has 3 heterocycles. The van der Waals surface area contributed by atoms with Gasteiger partial charge in [-0.1, -0.05) is 25.9 Å². The van der Waals surface area contributed by atoms with Crippen LogP contribution >= 0.6 is 12.4 Å². The third kappa shape index (κ3) is 3.65. The van der Waals surface area contributed by atoms with E-state index in [2.05, 4.69) is 30.9 Å². The van der Waals surface area contributed by atoms with Crippen LogP contribution in [-0.4, -0.2) is 40.1 Å². The molecule has 6 nitrogen and oxygen atoms in total. The number of carbonyl (C=O) groups excluding carboxylic acids is 1. The number of aromatic nitrogens is 2. The fourth-order valence-corrected chi connectivity index (χ4v) is 3.48. The average molecular weight is 367 g/mol. The Morgan fingerprint density at radius 2 is 2.20 bits per heavy atom. The van der Waals surface area contributed by atoms with Crippen LogP contribution in [0.15, 0.2) is 10.6 Å². The molecule has 1 aliphatic heterocycles. The highest BCUT2D eigenvalue weighted by Gasteiger charge is 2.31. The molecule has 2 unspecified atom stereocenters. The molecule has 0 aromatic carbocycles. The van der Waals surface area contributed by atoms with E-state index in [0.717, 1.165) is 30.5 Å². The summed E-state index contributed by atoms with van der Waals surface area (Å²) in [6.07, 6.45) is 1.96. The number of pyridine rings is 1. The van der Waals surface area contributed by atoms with Crippen molar-refractivity contribution in [3.8, 4) is 0 Å². The van der Waals surface area contributed by atoms with Crippen LogP contribution in [0.4, 0.5) is 0 Å². The molecule has 2 N–H and O–H groups in total. The van der Waals surface area contributed by atoms with Crippen molar-refractivity contribution in [1.82, 2.24) is 15.0 Å². The standard InChI is InChI=1S/C18H26N4O2.ClH/c1-10(2)15-8-14(16-12(4)21-24-17(16)20-15)18(23)22-6-5-11(3)7-13(22)9-19;/h8,10-11,13H,5-7,9,19H2,1-4H3;1H. The van der Waals surface area contributed by atoms with Gasteiger partial charge in [-0.05, 0) is 37.7 Å². The number of piperidine rings is 1. The fourth-order valence-electron chi connectivity index (χ4n) is 3.48. The number of halogens is 1. The van der Waals surface area contributed by atoms with Crippen molar-refractivity contribution in [1.29, 1.82) is 0 Å². The number of nitrogens with zero attached hydrogens (tertiary/aromatic N) is 3. The number of amides is 1. The van der Waals surface area contributed by atoms with E-state index in [4.69, 9.17) is 10.3 Å². The van der Waals surface area contributed by atoms with Crippen LogP contribution in [0.3, 0.4) is 0 Å². The first-order chi connectivity index (χ1) is 11.4. The summed E-state index contributed by atoms with van der Waals surface area (Å²) in [4.78, 5) is 19.7. The van der Waals surface area contributed by atoms with Crippen molar-refractivity contribution < 1.29 is 9.32 Å². The molecule has 0 aliphatic carbocycles. The highest BCUT2D eigenvalue weighted by Crippen LogP contribution is 2.29. The van der Waals surface area contributed by atoms with Gasteiger partial charge in [0, 0.05) is 24.8 Å². The van der Waals surface area contributed by atoms with E-state index in [1.54, 1.807) is 0 Å². The summed E-state index contributed by atoms with van der Waals surface area (Å²) in [7, 11) is 0. The summed E-state index contributed by atoms with van der Waals surface area (Å²) in [6, 6.07) is 1.98. The molecule has 3 rings (SSSR count). The minimum absolute atomic E-state index is 0. The lowest BCUT2D eigenvalue weighted by Gasteiger charge is -2.38. The van der Waals surface area contributed by atoms with Gasteiger partial charge in [0.2, 0.25) is 0 Å². The molecule has 1 saturated heterocycles. The van der Waals surface area contributed by atoms with Gasteiger partial charge in [0.15, 0.2) is 0 Å². The Labute approximate surface area is 154 Å². The third-order valence-electron chi connectivity index (χ3n) is 4.97. The van der Waals surface area contributed by atoms with Crippen LogP contribution in [0.1, 0.15) is 61.3 Å². The number of aryl methyl sites for hydroxylation is 1. The van der Waals surface area contributed by atoms with Gasteiger partial charge in [-0.2, -0.15) is 0 Å². The van der Waals surface area contributed by atoms with Gasteiger partial charge < -0.3 is 15.2 Å². The lowest BCUT2D eigenvalue weighted by Crippen LogP contribution is -2.49. The number of hydrogen-bond donors (Lipinski definition) is 1. The van der Waals surface area contributed by atoms with Gasteiger partial charge in [0.1, 0.15) is 0 Å². The molecule has 0 bridgehead atoms. The molecule has 2 aromatic heterocycles. The summed E-state index contributed by atoms with van der Waals surface area (Å²) in [5.74, 6) is 0.819. The molecule has 2 atom stereocenters. The highest BCUT2D eigenvalue weighted by atomic mass is 35.5. The molecular formula is C18H27ClN4O2. The van der Waals surface area contributed by atoms with Crippen molar-refractivity contribution in [2.75, 3.05) is 13.1 Å². The van der Waals surface area contributed by atoms with Crippen LogP contribution < -0.4 is 5.73 Å². The largest absolute Gasteiger partial charge is 0.336 e. The summed E-state index contributed by atoms with van der Waals surface area (Å²) >= 11 is 0. The zero-order valence-electron chi connectivity index (χ0n) is 15.3. The topological polar surface area (TPSA) is 85.2 Å². The van der Waals surface area contributed by atoms with Gasteiger partial charge in [0.25, 0.3) is 11.6 Å². The summed E-state index contributed by atoms with van der Waals surface area (Å²) in [6.45, 7) is 9.40. The zero-order chi connectivity index (χ0) is 17.4. The molecule has 0 saturated carbocycles. The normalized spacial score (nSPS) is 20.8. The third-order valence-corrected chi connectivity index (χ3v) is 4.97. The number of nitrogens with two attached hydrogens (primary N) is 1. The minimum Gasteiger partial charge on any atom is -0.336 e.